The number of anilines is 1. The van der Waals surface area contributed by atoms with Gasteiger partial charge in [-0.05, 0) is 38.1 Å². The first-order chi connectivity index (χ1) is 8.84. The average molecular weight is 284 g/mol. The van der Waals surface area contributed by atoms with Gasteiger partial charge in [0.05, 0.1) is 12.3 Å². The maximum atomic E-state index is 11.5. The van der Waals surface area contributed by atoms with Crippen LogP contribution in [0.5, 0.6) is 0 Å². The second-order valence-corrected chi connectivity index (χ2v) is 6.00. The molecule has 0 heterocycles. The number of sulfonamides is 1. The molecule has 0 aromatic heterocycles. The highest BCUT2D eigenvalue weighted by molar-refractivity contribution is 7.89. The lowest BCUT2D eigenvalue weighted by Gasteiger charge is -2.07. The monoisotopic (exact) mass is 284 g/mol. The van der Waals surface area contributed by atoms with Crippen molar-refractivity contribution in [1.29, 1.82) is 0 Å². The summed E-state index contributed by atoms with van der Waals surface area (Å²) in [6, 6.07) is 6.36. The van der Waals surface area contributed by atoms with E-state index < -0.39 is 15.9 Å². The Hall–Kier alpha value is -1.73. The fraction of sp³-hybridized carbons (Fsp3) is 0.333. The summed E-state index contributed by atoms with van der Waals surface area (Å²) in [5.41, 5.74) is 1.05. The number of ketones is 1. The summed E-state index contributed by atoms with van der Waals surface area (Å²) in [4.78, 5) is 22.5. The van der Waals surface area contributed by atoms with Gasteiger partial charge in [0.25, 0.3) is 0 Å². The number of benzene rings is 1. The summed E-state index contributed by atoms with van der Waals surface area (Å²) in [5.74, 6) is -0.602. The molecule has 7 heteroatoms. The van der Waals surface area contributed by atoms with Gasteiger partial charge in [0.1, 0.15) is 0 Å². The zero-order valence-electron chi connectivity index (χ0n) is 10.8. The molecule has 1 rings (SSSR count). The highest BCUT2D eigenvalue weighted by Crippen LogP contribution is 2.09. The molecule has 0 saturated heterocycles. The summed E-state index contributed by atoms with van der Waals surface area (Å²) < 4.78 is 24.5. The van der Waals surface area contributed by atoms with Crippen LogP contribution in [0.25, 0.3) is 0 Å². The molecule has 1 aromatic carbocycles. The molecule has 1 amide bonds. The first kappa shape index (κ1) is 15.3. The fourth-order valence-corrected chi connectivity index (χ4v) is 1.83. The standard InChI is InChI=1S/C12H16N2O4S/c1-3-19(17,18)13-8-12(16)14-11-6-4-10(5-7-11)9(2)15/h4-7,13H,3,8H2,1-2H3,(H,14,16). The molecule has 0 aliphatic carbocycles. The van der Waals surface area contributed by atoms with E-state index >= 15 is 0 Å². The molecular weight excluding hydrogens is 268 g/mol. The molecule has 0 spiro atoms. The third-order valence-corrected chi connectivity index (χ3v) is 3.75. The van der Waals surface area contributed by atoms with Crippen molar-refractivity contribution >= 4 is 27.4 Å². The van der Waals surface area contributed by atoms with Crippen LogP contribution in [-0.4, -0.2) is 32.4 Å². The normalized spacial score (nSPS) is 11.1. The van der Waals surface area contributed by atoms with Crippen LogP contribution in [0.4, 0.5) is 5.69 Å². The summed E-state index contributed by atoms with van der Waals surface area (Å²) >= 11 is 0. The minimum absolute atomic E-state index is 0.0615. The third kappa shape index (κ3) is 5.19. The van der Waals surface area contributed by atoms with Gasteiger partial charge in [0, 0.05) is 11.3 Å². The minimum atomic E-state index is -3.38. The molecule has 0 saturated carbocycles. The van der Waals surface area contributed by atoms with Gasteiger partial charge in [-0.15, -0.1) is 0 Å². The Morgan fingerprint density at radius 2 is 1.74 bits per heavy atom. The topological polar surface area (TPSA) is 92.3 Å². The van der Waals surface area contributed by atoms with Crippen LogP contribution >= 0.6 is 0 Å². The minimum Gasteiger partial charge on any atom is -0.325 e. The molecule has 0 atom stereocenters. The largest absolute Gasteiger partial charge is 0.325 e. The molecule has 2 N–H and O–H groups in total. The molecular formula is C12H16N2O4S. The molecule has 19 heavy (non-hydrogen) atoms. The Kier molecular flexibility index (Phi) is 5.20. The summed E-state index contributed by atoms with van der Waals surface area (Å²) in [6.07, 6.45) is 0. The van der Waals surface area contributed by atoms with E-state index in [1.165, 1.54) is 13.8 Å². The van der Waals surface area contributed by atoms with Gasteiger partial charge in [0.15, 0.2) is 5.78 Å². The average Bonchev–Trinajstić information content (AvgIpc) is 2.37. The molecule has 1 aromatic rings. The van der Waals surface area contributed by atoms with Crippen LogP contribution in [0, 0.1) is 0 Å². The van der Waals surface area contributed by atoms with Crippen molar-refractivity contribution in [3.8, 4) is 0 Å². The van der Waals surface area contributed by atoms with Gasteiger partial charge in [-0.1, -0.05) is 0 Å². The fourth-order valence-electron chi connectivity index (χ4n) is 1.27. The third-order valence-electron chi connectivity index (χ3n) is 2.41. The van der Waals surface area contributed by atoms with Crippen molar-refractivity contribution in [3.05, 3.63) is 29.8 Å². The summed E-state index contributed by atoms with van der Waals surface area (Å²) in [7, 11) is -3.38. The molecule has 104 valence electrons. The molecule has 0 bridgehead atoms. The lowest BCUT2D eigenvalue weighted by molar-refractivity contribution is -0.115. The predicted octanol–water partition coefficient (Wildman–Crippen LogP) is 0.767. The number of amides is 1. The maximum absolute atomic E-state index is 11.5. The Morgan fingerprint density at radius 3 is 2.21 bits per heavy atom. The van der Waals surface area contributed by atoms with E-state index in [0.29, 0.717) is 11.3 Å². The van der Waals surface area contributed by atoms with Crippen molar-refractivity contribution in [3.63, 3.8) is 0 Å². The number of rotatable bonds is 6. The van der Waals surface area contributed by atoms with E-state index in [0.717, 1.165) is 0 Å². The van der Waals surface area contributed by atoms with E-state index in [4.69, 9.17) is 0 Å². The lowest BCUT2D eigenvalue weighted by atomic mass is 10.1. The van der Waals surface area contributed by atoms with Crippen LogP contribution in [0.3, 0.4) is 0 Å². The van der Waals surface area contributed by atoms with Crippen molar-refractivity contribution < 1.29 is 18.0 Å². The zero-order valence-corrected chi connectivity index (χ0v) is 11.6. The lowest BCUT2D eigenvalue weighted by Crippen LogP contribution is -2.33. The summed E-state index contributed by atoms with van der Waals surface area (Å²) in [5, 5.41) is 2.53. The van der Waals surface area contributed by atoms with E-state index in [1.807, 2.05) is 0 Å². The van der Waals surface area contributed by atoms with Crippen molar-refractivity contribution in [2.24, 2.45) is 0 Å². The van der Waals surface area contributed by atoms with Crippen LogP contribution < -0.4 is 10.0 Å². The van der Waals surface area contributed by atoms with Gasteiger partial charge >= 0.3 is 0 Å². The molecule has 6 nitrogen and oxygen atoms in total. The van der Waals surface area contributed by atoms with Gasteiger partial charge in [0.2, 0.25) is 15.9 Å². The zero-order chi connectivity index (χ0) is 14.5. The molecule has 0 radical (unpaired) electrons. The van der Waals surface area contributed by atoms with E-state index in [9.17, 15) is 18.0 Å². The predicted molar refractivity (Wildman–Crippen MR) is 72.5 cm³/mol. The second kappa shape index (κ2) is 6.44. The van der Waals surface area contributed by atoms with E-state index in [2.05, 4.69) is 10.0 Å². The Balaban J connectivity index is 2.55. The summed E-state index contributed by atoms with van der Waals surface area (Å²) in [6.45, 7) is 2.62. The van der Waals surface area contributed by atoms with Gasteiger partial charge in [-0.3, -0.25) is 9.59 Å². The number of Topliss-reactive ketones (excluding diaryl/α,β-unsaturated/α-hetero) is 1. The van der Waals surface area contributed by atoms with Crippen LogP contribution in [0.1, 0.15) is 24.2 Å². The van der Waals surface area contributed by atoms with Crippen LogP contribution in [-0.2, 0) is 14.8 Å². The second-order valence-electron chi connectivity index (χ2n) is 3.91. The van der Waals surface area contributed by atoms with E-state index in [1.54, 1.807) is 24.3 Å². The van der Waals surface area contributed by atoms with Crippen molar-refractivity contribution in [1.82, 2.24) is 4.72 Å². The molecule has 0 aliphatic heterocycles. The van der Waals surface area contributed by atoms with Crippen molar-refractivity contribution in [2.75, 3.05) is 17.6 Å². The molecule has 0 fully saturated rings. The smallest absolute Gasteiger partial charge is 0.239 e. The molecule has 0 unspecified atom stereocenters. The first-order valence-electron chi connectivity index (χ1n) is 5.72. The highest BCUT2D eigenvalue weighted by Gasteiger charge is 2.09. The van der Waals surface area contributed by atoms with Gasteiger partial charge < -0.3 is 5.32 Å². The van der Waals surface area contributed by atoms with Gasteiger partial charge in [-0.2, -0.15) is 0 Å². The first-order valence-corrected chi connectivity index (χ1v) is 7.37. The van der Waals surface area contributed by atoms with Crippen molar-refractivity contribution in [2.45, 2.75) is 13.8 Å². The van der Waals surface area contributed by atoms with Crippen LogP contribution in [0.2, 0.25) is 0 Å². The number of hydrogen-bond acceptors (Lipinski definition) is 4. The number of nitrogens with one attached hydrogen (secondary N) is 2. The SMILES string of the molecule is CCS(=O)(=O)NCC(=O)Nc1ccc(C(C)=O)cc1. The molecule has 0 aliphatic rings. The van der Waals surface area contributed by atoms with E-state index in [-0.39, 0.29) is 18.1 Å². The highest BCUT2D eigenvalue weighted by atomic mass is 32.2. The number of hydrogen-bond donors (Lipinski definition) is 2. The Labute approximate surface area is 112 Å². The quantitative estimate of drug-likeness (QED) is 0.755. The Morgan fingerprint density at radius 1 is 1.16 bits per heavy atom. The number of carbonyl (C=O) groups excluding carboxylic acids is 2. The van der Waals surface area contributed by atoms with Crippen LogP contribution in [0.15, 0.2) is 24.3 Å². The maximum Gasteiger partial charge on any atom is 0.239 e. The van der Waals surface area contributed by atoms with Gasteiger partial charge in [-0.25, -0.2) is 13.1 Å². The Bertz CT molecular complexity index is 564. The number of carbonyl (C=O) groups is 2.